The lowest BCUT2D eigenvalue weighted by Crippen LogP contribution is -2.06. The van der Waals surface area contributed by atoms with Crippen LogP contribution in [0.1, 0.15) is 16.7 Å². The monoisotopic (exact) mass is 257 g/mol. The minimum absolute atomic E-state index is 0.103. The molecule has 3 heteroatoms. The molecular formula is C15H15NOS. The molecule has 0 spiro atoms. The largest absolute Gasteiger partial charge is 0.322 e. The molecular weight excluding hydrogens is 242 g/mol. The van der Waals surface area contributed by atoms with Crippen LogP contribution in [0, 0.1) is 13.8 Å². The van der Waals surface area contributed by atoms with Gasteiger partial charge >= 0.3 is 0 Å². The van der Waals surface area contributed by atoms with E-state index in [1.54, 1.807) is 17.4 Å². The predicted molar refractivity (Wildman–Crippen MR) is 77.9 cm³/mol. The van der Waals surface area contributed by atoms with Crippen molar-refractivity contribution in [2.24, 2.45) is 0 Å². The maximum atomic E-state index is 11.7. The van der Waals surface area contributed by atoms with Crippen LogP contribution in [0.25, 0.3) is 6.08 Å². The molecule has 0 bridgehead atoms. The fourth-order valence-corrected chi connectivity index (χ4v) is 2.29. The lowest BCUT2D eigenvalue weighted by molar-refractivity contribution is -0.111. The number of amides is 1. The fraction of sp³-hybridized carbons (Fsp3) is 0.133. The third kappa shape index (κ3) is 3.31. The summed E-state index contributed by atoms with van der Waals surface area (Å²) in [4.78, 5) is 11.7. The lowest BCUT2D eigenvalue weighted by Gasteiger charge is -2.02. The van der Waals surface area contributed by atoms with Crippen LogP contribution in [-0.2, 0) is 4.79 Å². The van der Waals surface area contributed by atoms with Crippen molar-refractivity contribution in [1.82, 2.24) is 0 Å². The van der Waals surface area contributed by atoms with E-state index >= 15 is 0 Å². The molecule has 0 aliphatic heterocycles. The maximum absolute atomic E-state index is 11.7. The van der Waals surface area contributed by atoms with Crippen LogP contribution >= 0.6 is 11.3 Å². The molecule has 1 N–H and O–H groups in total. The van der Waals surface area contributed by atoms with Crippen LogP contribution in [0.15, 0.2) is 41.1 Å². The Morgan fingerprint density at radius 3 is 2.78 bits per heavy atom. The summed E-state index contributed by atoms with van der Waals surface area (Å²) in [6.45, 7) is 4.10. The van der Waals surface area contributed by atoms with Crippen LogP contribution in [0.3, 0.4) is 0 Å². The van der Waals surface area contributed by atoms with Gasteiger partial charge in [-0.2, -0.15) is 11.3 Å². The van der Waals surface area contributed by atoms with Gasteiger partial charge in [0, 0.05) is 11.5 Å². The SMILES string of the molecule is Cc1ccc(/C=C/C(=O)Nc2ccsc2)c(C)c1. The van der Waals surface area contributed by atoms with Crippen molar-refractivity contribution in [3.63, 3.8) is 0 Å². The summed E-state index contributed by atoms with van der Waals surface area (Å²) in [5.74, 6) is -0.103. The maximum Gasteiger partial charge on any atom is 0.248 e. The fourth-order valence-electron chi connectivity index (χ4n) is 1.70. The lowest BCUT2D eigenvalue weighted by atomic mass is 10.1. The van der Waals surface area contributed by atoms with Gasteiger partial charge in [0.15, 0.2) is 0 Å². The highest BCUT2D eigenvalue weighted by molar-refractivity contribution is 7.08. The molecule has 2 nitrogen and oxygen atoms in total. The minimum Gasteiger partial charge on any atom is -0.322 e. The van der Waals surface area contributed by atoms with E-state index in [0.29, 0.717) is 0 Å². The Morgan fingerprint density at radius 2 is 2.11 bits per heavy atom. The van der Waals surface area contributed by atoms with E-state index in [1.165, 1.54) is 11.1 Å². The number of carbonyl (C=O) groups is 1. The summed E-state index contributed by atoms with van der Waals surface area (Å²) in [6, 6.07) is 8.06. The van der Waals surface area contributed by atoms with Gasteiger partial charge in [0.1, 0.15) is 0 Å². The van der Waals surface area contributed by atoms with Gasteiger partial charge in [0.05, 0.1) is 5.69 Å². The highest BCUT2D eigenvalue weighted by Gasteiger charge is 1.99. The van der Waals surface area contributed by atoms with E-state index in [9.17, 15) is 4.79 Å². The first-order valence-corrected chi connectivity index (χ1v) is 6.68. The second-order valence-corrected chi connectivity index (χ2v) is 4.97. The number of anilines is 1. The number of rotatable bonds is 3. The summed E-state index contributed by atoms with van der Waals surface area (Å²) in [5, 5.41) is 6.65. The zero-order valence-corrected chi connectivity index (χ0v) is 11.3. The Kier molecular flexibility index (Phi) is 3.95. The number of thiophene rings is 1. The van der Waals surface area contributed by atoms with E-state index in [2.05, 4.69) is 18.3 Å². The number of carbonyl (C=O) groups excluding carboxylic acids is 1. The van der Waals surface area contributed by atoms with E-state index in [-0.39, 0.29) is 5.91 Å². The van der Waals surface area contributed by atoms with Gasteiger partial charge in [0.2, 0.25) is 5.91 Å². The Bertz CT molecular complexity index is 570. The quantitative estimate of drug-likeness (QED) is 0.827. The normalized spacial score (nSPS) is 10.8. The molecule has 2 rings (SSSR count). The smallest absolute Gasteiger partial charge is 0.248 e. The Balaban J connectivity index is 2.04. The van der Waals surface area contributed by atoms with Crippen molar-refractivity contribution in [2.45, 2.75) is 13.8 Å². The molecule has 0 saturated heterocycles. The molecule has 1 aromatic heterocycles. The van der Waals surface area contributed by atoms with Crippen LogP contribution < -0.4 is 5.32 Å². The molecule has 1 amide bonds. The number of hydrogen-bond donors (Lipinski definition) is 1. The molecule has 0 unspecified atom stereocenters. The molecule has 0 radical (unpaired) electrons. The van der Waals surface area contributed by atoms with Gasteiger partial charge < -0.3 is 5.32 Å². The topological polar surface area (TPSA) is 29.1 Å². The van der Waals surface area contributed by atoms with Crippen LogP contribution in [0.5, 0.6) is 0 Å². The van der Waals surface area contributed by atoms with Crippen molar-refractivity contribution >= 4 is 29.0 Å². The predicted octanol–water partition coefficient (Wildman–Crippen LogP) is 4.02. The summed E-state index contributed by atoms with van der Waals surface area (Å²) < 4.78 is 0. The van der Waals surface area contributed by atoms with Gasteiger partial charge in [0.25, 0.3) is 0 Å². The Hall–Kier alpha value is -1.87. The first kappa shape index (κ1) is 12.6. The van der Waals surface area contributed by atoms with Gasteiger partial charge in [-0.15, -0.1) is 0 Å². The molecule has 0 fully saturated rings. The summed E-state index contributed by atoms with van der Waals surface area (Å²) >= 11 is 1.56. The van der Waals surface area contributed by atoms with Crippen LogP contribution in [-0.4, -0.2) is 5.91 Å². The average molecular weight is 257 g/mol. The molecule has 18 heavy (non-hydrogen) atoms. The average Bonchev–Trinajstić information content (AvgIpc) is 2.80. The van der Waals surface area contributed by atoms with Crippen molar-refractivity contribution in [3.05, 3.63) is 57.8 Å². The Morgan fingerprint density at radius 1 is 1.28 bits per heavy atom. The molecule has 1 heterocycles. The standard InChI is InChI=1S/C15H15NOS/c1-11-3-4-13(12(2)9-11)5-6-15(17)16-14-7-8-18-10-14/h3-10H,1-2H3,(H,16,17)/b6-5+. The number of aryl methyl sites for hydroxylation is 2. The van der Waals surface area contributed by atoms with Crippen LogP contribution in [0.4, 0.5) is 5.69 Å². The van der Waals surface area contributed by atoms with E-state index < -0.39 is 0 Å². The molecule has 2 aromatic rings. The van der Waals surface area contributed by atoms with Crippen molar-refractivity contribution < 1.29 is 4.79 Å². The van der Waals surface area contributed by atoms with Gasteiger partial charge in [-0.3, -0.25) is 4.79 Å². The van der Waals surface area contributed by atoms with Crippen molar-refractivity contribution in [1.29, 1.82) is 0 Å². The third-order valence-corrected chi connectivity index (χ3v) is 3.31. The molecule has 1 aromatic carbocycles. The number of nitrogens with one attached hydrogen (secondary N) is 1. The number of benzene rings is 1. The zero-order valence-electron chi connectivity index (χ0n) is 10.4. The molecule has 0 aliphatic rings. The summed E-state index contributed by atoms with van der Waals surface area (Å²) in [6.07, 6.45) is 3.41. The molecule has 92 valence electrons. The second kappa shape index (κ2) is 5.65. The highest BCUT2D eigenvalue weighted by Crippen LogP contribution is 2.14. The van der Waals surface area contributed by atoms with Gasteiger partial charge in [-0.25, -0.2) is 0 Å². The second-order valence-electron chi connectivity index (χ2n) is 4.19. The van der Waals surface area contributed by atoms with Crippen LogP contribution in [0.2, 0.25) is 0 Å². The molecule has 0 atom stereocenters. The Labute approximate surface area is 111 Å². The zero-order chi connectivity index (χ0) is 13.0. The first-order chi connectivity index (χ1) is 8.65. The summed E-state index contributed by atoms with van der Waals surface area (Å²) in [5.41, 5.74) is 4.32. The van der Waals surface area contributed by atoms with Crippen molar-refractivity contribution in [3.8, 4) is 0 Å². The molecule has 0 saturated carbocycles. The van der Waals surface area contributed by atoms with E-state index in [0.717, 1.165) is 11.3 Å². The minimum atomic E-state index is -0.103. The van der Waals surface area contributed by atoms with Gasteiger partial charge in [-0.1, -0.05) is 23.8 Å². The first-order valence-electron chi connectivity index (χ1n) is 5.73. The number of hydrogen-bond acceptors (Lipinski definition) is 2. The highest BCUT2D eigenvalue weighted by atomic mass is 32.1. The van der Waals surface area contributed by atoms with Gasteiger partial charge in [-0.05, 0) is 42.5 Å². The van der Waals surface area contributed by atoms with E-state index in [1.807, 2.05) is 42.0 Å². The summed E-state index contributed by atoms with van der Waals surface area (Å²) in [7, 11) is 0. The molecule has 0 aliphatic carbocycles. The third-order valence-electron chi connectivity index (χ3n) is 2.63. The van der Waals surface area contributed by atoms with Crippen molar-refractivity contribution in [2.75, 3.05) is 5.32 Å². The van der Waals surface area contributed by atoms with E-state index in [4.69, 9.17) is 0 Å².